The number of hydrogen-bond donors (Lipinski definition) is 3. The lowest BCUT2D eigenvalue weighted by atomic mass is 9.83. The Balaban J connectivity index is 1.23. The third kappa shape index (κ3) is 6.63. The molecule has 0 bridgehead atoms. The van der Waals surface area contributed by atoms with Crippen LogP contribution in [0.15, 0.2) is 103 Å². The lowest BCUT2D eigenvalue weighted by molar-refractivity contribution is -0.136. The summed E-state index contributed by atoms with van der Waals surface area (Å²) in [7, 11) is 1.77. The molecule has 5 aromatic rings. The Morgan fingerprint density at radius 3 is 2.40 bits per heavy atom. The van der Waals surface area contributed by atoms with Crippen LogP contribution in [0.1, 0.15) is 60.0 Å². The van der Waals surface area contributed by atoms with Gasteiger partial charge in [-0.05, 0) is 47.7 Å². The van der Waals surface area contributed by atoms with E-state index >= 15 is 0 Å². The fraction of sp³-hybridized carbons (Fsp3) is 0.289. The van der Waals surface area contributed by atoms with E-state index in [1.807, 2.05) is 73.7 Å². The van der Waals surface area contributed by atoms with E-state index in [0.717, 1.165) is 52.1 Å². The monoisotopic (exact) mass is 600 g/mol. The third-order valence-corrected chi connectivity index (χ3v) is 9.29. The third-order valence-electron chi connectivity index (χ3n) is 9.29. The Morgan fingerprint density at radius 2 is 1.58 bits per heavy atom. The average Bonchev–Trinajstić information content (AvgIpc) is 3.52. The Bertz CT molecular complexity index is 1810. The molecule has 4 aromatic carbocycles. The van der Waals surface area contributed by atoms with Gasteiger partial charge in [-0.3, -0.25) is 14.4 Å². The molecule has 1 heterocycles. The Hall–Kier alpha value is -4.91. The summed E-state index contributed by atoms with van der Waals surface area (Å²) in [6, 6.07) is 31.5. The summed E-state index contributed by atoms with van der Waals surface area (Å²) in [5.74, 6) is -1.17. The van der Waals surface area contributed by atoms with Gasteiger partial charge in [0.2, 0.25) is 11.8 Å². The molecule has 1 saturated carbocycles. The van der Waals surface area contributed by atoms with Gasteiger partial charge in [0.25, 0.3) is 5.91 Å². The van der Waals surface area contributed by atoms with Gasteiger partial charge < -0.3 is 20.5 Å². The van der Waals surface area contributed by atoms with E-state index in [0.29, 0.717) is 18.4 Å². The van der Waals surface area contributed by atoms with Gasteiger partial charge in [-0.15, -0.1) is 0 Å². The SMILES string of the molecule is CC(C(=O)N(C)C(Cc1ccc2ccccc2c1)NC(=O)C1CCCCC1NC(=O)c1c[nH]c2ccccc12)c1ccccc1. The molecule has 7 nitrogen and oxygen atoms in total. The van der Waals surface area contributed by atoms with E-state index in [2.05, 4.69) is 45.9 Å². The second-order valence-corrected chi connectivity index (χ2v) is 12.2. The van der Waals surface area contributed by atoms with E-state index in [9.17, 15) is 14.4 Å². The zero-order valence-electron chi connectivity index (χ0n) is 25.8. The standard InChI is InChI=1S/C38H40N4O3/c1-25(27-12-4-3-5-13-27)38(45)42(2)35(23-26-20-21-28-14-6-7-15-29(28)22-26)41-36(43)31-17-9-11-19-34(31)40-37(44)32-24-39-33-18-10-8-16-30(32)33/h3-8,10,12-16,18,20-22,24-25,31,34-35,39H,9,11,17,19,23H2,1-2H3,(H,40,44)(H,41,43). The predicted octanol–water partition coefficient (Wildman–Crippen LogP) is 6.56. The maximum atomic E-state index is 14.1. The molecule has 45 heavy (non-hydrogen) atoms. The van der Waals surface area contributed by atoms with Crippen molar-refractivity contribution in [3.05, 3.63) is 120 Å². The number of amides is 3. The fourth-order valence-electron chi connectivity index (χ4n) is 6.61. The Morgan fingerprint density at radius 1 is 0.867 bits per heavy atom. The highest BCUT2D eigenvalue weighted by atomic mass is 16.2. The van der Waals surface area contributed by atoms with Crippen LogP contribution in [0.2, 0.25) is 0 Å². The number of nitrogens with one attached hydrogen (secondary N) is 3. The molecule has 230 valence electrons. The van der Waals surface area contributed by atoms with Crippen LogP contribution in [0.4, 0.5) is 0 Å². The van der Waals surface area contributed by atoms with Gasteiger partial charge in [-0.25, -0.2) is 0 Å². The van der Waals surface area contributed by atoms with Gasteiger partial charge in [0.1, 0.15) is 6.17 Å². The minimum atomic E-state index is -0.566. The number of aromatic nitrogens is 1. The Labute approximate surface area is 264 Å². The van der Waals surface area contributed by atoms with Gasteiger partial charge in [0, 0.05) is 36.6 Å². The first-order valence-electron chi connectivity index (χ1n) is 15.9. The van der Waals surface area contributed by atoms with Crippen molar-refractivity contribution >= 4 is 39.4 Å². The number of aromatic amines is 1. The van der Waals surface area contributed by atoms with Gasteiger partial charge in [-0.2, -0.15) is 0 Å². The smallest absolute Gasteiger partial charge is 0.253 e. The first-order valence-corrected chi connectivity index (χ1v) is 15.9. The highest BCUT2D eigenvalue weighted by Crippen LogP contribution is 2.27. The number of carbonyl (C=O) groups excluding carboxylic acids is 3. The summed E-state index contributed by atoms with van der Waals surface area (Å²) in [5.41, 5.74) is 3.43. The largest absolute Gasteiger partial charge is 0.360 e. The second kappa shape index (κ2) is 13.4. The number of likely N-dealkylation sites (N-methyl/N-ethyl adjacent to an activating group) is 1. The van der Waals surface area contributed by atoms with Crippen molar-refractivity contribution in [2.75, 3.05) is 7.05 Å². The van der Waals surface area contributed by atoms with Crippen molar-refractivity contribution in [1.82, 2.24) is 20.5 Å². The molecule has 4 atom stereocenters. The van der Waals surface area contributed by atoms with Crippen LogP contribution in [-0.2, 0) is 16.0 Å². The van der Waals surface area contributed by atoms with Crippen molar-refractivity contribution < 1.29 is 14.4 Å². The summed E-state index contributed by atoms with van der Waals surface area (Å²) < 4.78 is 0. The van der Waals surface area contributed by atoms with E-state index in [1.54, 1.807) is 18.1 Å². The number of fused-ring (bicyclic) bond motifs is 2. The maximum absolute atomic E-state index is 14.1. The highest BCUT2D eigenvalue weighted by molar-refractivity contribution is 6.07. The molecule has 1 aliphatic rings. The molecule has 3 amide bonds. The van der Waals surface area contributed by atoms with E-state index in [1.165, 1.54) is 0 Å². The average molecular weight is 601 g/mol. The van der Waals surface area contributed by atoms with Gasteiger partial charge >= 0.3 is 0 Å². The molecule has 0 spiro atoms. The van der Waals surface area contributed by atoms with Gasteiger partial charge in [0.05, 0.1) is 17.4 Å². The molecule has 1 aliphatic carbocycles. The number of rotatable bonds is 9. The quantitative estimate of drug-likeness (QED) is 0.167. The second-order valence-electron chi connectivity index (χ2n) is 12.2. The number of H-pyrrole nitrogens is 1. The summed E-state index contributed by atoms with van der Waals surface area (Å²) in [6.45, 7) is 1.90. The van der Waals surface area contributed by atoms with Crippen molar-refractivity contribution in [2.24, 2.45) is 5.92 Å². The summed E-state index contributed by atoms with van der Waals surface area (Å²) >= 11 is 0. The number of hydrogen-bond acceptors (Lipinski definition) is 3. The first kappa shape index (κ1) is 30.1. The van der Waals surface area contributed by atoms with Crippen molar-refractivity contribution in [1.29, 1.82) is 0 Å². The van der Waals surface area contributed by atoms with Crippen molar-refractivity contribution in [3.8, 4) is 0 Å². The lowest BCUT2D eigenvalue weighted by Crippen LogP contribution is -2.55. The molecule has 3 N–H and O–H groups in total. The highest BCUT2D eigenvalue weighted by Gasteiger charge is 2.35. The van der Waals surface area contributed by atoms with Gasteiger partial charge in [0.15, 0.2) is 0 Å². The lowest BCUT2D eigenvalue weighted by Gasteiger charge is -2.35. The van der Waals surface area contributed by atoms with E-state index in [-0.39, 0.29) is 29.7 Å². The molecule has 1 fully saturated rings. The maximum Gasteiger partial charge on any atom is 0.253 e. The van der Waals surface area contributed by atoms with Crippen LogP contribution in [0.25, 0.3) is 21.7 Å². The molecule has 6 rings (SSSR count). The van der Waals surface area contributed by atoms with E-state index in [4.69, 9.17) is 0 Å². The number of nitrogens with zero attached hydrogens (tertiary/aromatic N) is 1. The molecule has 7 heteroatoms. The number of carbonyl (C=O) groups is 3. The molecule has 0 radical (unpaired) electrons. The van der Waals surface area contributed by atoms with Crippen molar-refractivity contribution in [3.63, 3.8) is 0 Å². The minimum absolute atomic E-state index is 0.0693. The van der Waals surface area contributed by atoms with Crippen LogP contribution in [0.5, 0.6) is 0 Å². The normalized spacial score (nSPS) is 17.8. The minimum Gasteiger partial charge on any atom is -0.360 e. The Kier molecular flexibility index (Phi) is 8.96. The first-order chi connectivity index (χ1) is 21.9. The van der Waals surface area contributed by atoms with E-state index < -0.39 is 12.1 Å². The zero-order valence-corrected chi connectivity index (χ0v) is 25.8. The molecular formula is C38H40N4O3. The topological polar surface area (TPSA) is 94.3 Å². The van der Waals surface area contributed by atoms with Crippen LogP contribution < -0.4 is 10.6 Å². The summed E-state index contributed by atoms with van der Waals surface area (Å²) in [6.07, 6.45) is 4.87. The summed E-state index contributed by atoms with van der Waals surface area (Å²) in [5, 5.41) is 9.53. The van der Waals surface area contributed by atoms with Crippen LogP contribution in [0, 0.1) is 5.92 Å². The van der Waals surface area contributed by atoms with Gasteiger partial charge in [-0.1, -0.05) is 104 Å². The summed E-state index contributed by atoms with van der Waals surface area (Å²) in [4.78, 5) is 46.1. The molecule has 4 unspecified atom stereocenters. The molecule has 0 aliphatic heterocycles. The van der Waals surface area contributed by atoms with Crippen LogP contribution in [-0.4, -0.2) is 46.9 Å². The fourth-order valence-corrected chi connectivity index (χ4v) is 6.61. The molecule has 0 saturated heterocycles. The van der Waals surface area contributed by atoms with Crippen molar-refractivity contribution in [2.45, 2.75) is 57.2 Å². The van der Waals surface area contributed by atoms with Crippen LogP contribution in [0.3, 0.4) is 0 Å². The molecular weight excluding hydrogens is 560 g/mol. The molecule has 1 aromatic heterocycles. The van der Waals surface area contributed by atoms with Crippen LogP contribution >= 0.6 is 0 Å². The number of benzene rings is 4. The number of para-hydroxylation sites is 1. The zero-order chi connectivity index (χ0) is 31.3. The predicted molar refractivity (Wildman–Crippen MR) is 179 cm³/mol.